The minimum absolute atomic E-state index is 0.0391. The summed E-state index contributed by atoms with van der Waals surface area (Å²) >= 11 is 0. The van der Waals surface area contributed by atoms with Crippen molar-refractivity contribution < 1.29 is 24.3 Å². The van der Waals surface area contributed by atoms with Crippen molar-refractivity contribution in [3.63, 3.8) is 0 Å². The molecular weight excluding hydrogens is 228 g/mol. The SMILES string of the molecule is O=C(O)c1cc(C(=O)N2CCCC2CO)no1. The maximum Gasteiger partial charge on any atom is 0.374 e. The number of aromatic nitrogens is 1. The molecule has 7 nitrogen and oxygen atoms in total. The molecule has 1 amide bonds. The van der Waals surface area contributed by atoms with Crippen molar-refractivity contribution in [2.75, 3.05) is 13.2 Å². The third-order valence-corrected chi connectivity index (χ3v) is 2.79. The summed E-state index contributed by atoms with van der Waals surface area (Å²) in [5.41, 5.74) is -0.0391. The zero-order valence-corrected chi connectivity index (χ0v) is 9.00. The number of hydrogen-bond acceptors (Lipinski definition) is 5. The number of carboxylic acids is 1. The van der Waals surface area contributed by atoms with E-state index in [1.807, 2.05) is 0 Å². The lowest BCUT2D eigenvalue weighted by molar-refractivity contribution is 0.0640. The molecule has 2 rings (SSSR count). The van der Waals surface area contributed by atoms with Gasteiger partial charge >= 0.3 is 5.97 Å². The fourth-order valence-corrected chi connectivity index (χ4v) is 1.92. The predicted molar refractivity (Wildman–Crippen MR) is 54.6 cm³/mol. The van der Waals surface area contributed by atoms with Crippen molar-refractivity contribution in [3.05, 3.63) is 17.5 Å². The van der Waals surface area contributed by atoms with Crippen LogP contribution in [-0.4, -0.2) is 51.3 Å². The topological polar surface area (TPSA) is 104 Å². The number of aromatic carboxylic acids is 1. The molecule has 0 spiro atoms. The van der Waals surface area contributed by atoms with E-state index in [4.69, 9.17) is 10.2 Å². The molecule has 1 saturated heterocycles. The van der Waals surface area contributed by atoms with E-state index in [9.17, 15) is 9.59 Å². The van der Waals surface area contributed by atoms with Crippen LogP contribution in [-0.2, 0) is 0 Å². The Morgan fingerprint density at radius 2 is 2.35 bits per heavy atom. The van der Waals surface area contributed by atoms with E-state index in [1.54, 1.807) is 0 Å². The molecule has 2 N–H and O–H groups in total. The van der Waals surface area contributed by atoms with Gasteiger partial charge in [0, 0.05) is 12.6 Å². The Balaban J connectivity index is 2.16. The van der Waals surface area contributed by atoms with Gasteiger partial charge in [-0.3, -0.25) is 4.79 Å². The fraction of sp³-hybridized carbons (Fsp3) is 0.500. The Morgan fingerprint density at radius 3 is 2.94 bits per heavy atom. The van der Waals surface area contributed by atoms with Gasteiger partial charge in [-0.25, -0.2) is 4.79 Å². The highest BCUT2D eigenvalue weighted by Crippen LogP contribution is 2.19. The standard InChI is InChI=1S/C10H12N2O5/c13-5-6-2-1-3-12(6)9(14)7-4-8(10(15)16)17-11-7/h4,6,13H,1-3,5H2,(H,15,16). The van der Waals surface area contributed by atoms with Gasteiger partial charge in [-0.05, 0) is 12.8 Å². The monoisotopic (exact) mass is 240 g/mol. The summed E-state index contributed by atoms with van der Waals surface area (Å²) in [6, 6.07) is 0.879. The molecule has 1 aromatic rings. The summed E-state index contributed by atoms with van der Waals surface area (Å²) in [5, 5.41) is 21.2. The van der Waals surface area contributed by atoms with Gasteiger partial charge < -0.3 is 19.6 Å². The van der Waals surface area contributed by atoms with Gasteiger partial charge in [-0.1, -0.05) is 5.16 Å². The van der Waals surface area contributed by atoms with Gasteiger partial charge in [-0.15, -0.1) is 0 Å². The molecule has 1 aromatic heterocycles. The first kappa shape index (κ1) is 11.6. The number of amides is 1. The number of carboxylic acid groups (broad SMARTS) is 1. The summed E-state index contributed by atoms with van der Waals surface area (Å²) < 4.78 is 4.52. The lowest BCUT2D eigenvalue weighted by Gasteiger charge is -2.21. The average molecular weight is 240 g/mol. The molecule has 92 valence electrons. The molecule has 1 fully saturated rings. The van der Waals surface area contributed by atoms with E-state index in [1.165, 1.54) is 4.90 Å². The number of hydrogen-bond donors (Lipinski definition) is 2. The number of carbonyl (C=O) groups is 2. The van der Waals surface area contributed by atoms with Crippen LogP contribution in [0.3, 0.4) is 0 Å². The van der Waals surface area contributed by atoms with E-state index >= 15 is 0 Å². The van der Waals surface area contributed by atoms with Gasteiger partial charge in [-0.2, -0.15) is 0 Å². The highest BCUT2D eigenvalue weighted by atomic mass is 16.5. The molecule has 0 saturated carbocycles. The summed E-state index contributed by atoms with van der Waals surface area (Å²) in [6.07, 6.45) is 1.56. The largest absolute Gasteiger partial charge is 0.475 e. The molecule has 2 heterocycles. The van der Waals surface area contributed by atoms with Gasteiger partial charge in [0.2, 0.25) is 5.76 Å². The van der Waals surface area contributed by atoms with Gasteiger partial charge in [0.15, 0.2) is 5.69 Å². The van der Waals surface area contributed by atoms with Crippen molar-refractivity contribution in [1.29, 1.82) is 0 Å². The van der Waals surface area contributed by atoms with Crippen LogP contribution in [0.4, 0.5) is 0 Å². The predicted octanol–water partition coefficient (Wildman–Crippen LogP) is -0.0303. The zero-order valence-electron chi connectivity index (χ0n) is 9.00. The van der Waals surface area contributed by atoms with Crippen molar-refractivity contribution >= 4 is 11.9 Å². The van der Waals surface area contributed by atoms with Crippen LogP contribution in [0.15, 0.2) is 10.6 Å². The Hall–Kier alpha value is -1.89. The fourth-order valence-electron chi connectivity index (χ4n) is 1.92. The Labute approximate surface area is 96.6 Å². The molecule has 1 atom stereocenters. The summed E-state index contributed by atoms with van der Waals surface area (Å²) in [6.45, 7) is 0.439. The number of aliphatic hydroxyl groups is 1. The lowest BCUT2D eigenvalue weighted by atomic mass is 10.2. The highest BCUT2D eigenvalue weighted by Gasteiger charge is 2.31. The van der Waals surface area contributed by atoms with Gasteiger partial charge in [0.1, 0.15) is 0 Å². The van der Waals surface area contributed by atoms with Crippen LogP contribution in [0, 0.1) is 0 Å². The maximum atomic E-state index is 12.0. The van der Waals surface area contributed by atoms with E-state index in [0.717, 1.165) is 18.9 Å². The Kier molecular flexibility index (Phi) is 3.10. The van der Waals surface area contributed by atoms with E-state index < -0.39 is 11.9 Å². The highest BCUT2D eigenvalue weighted by molar-refractivity contribution is 5.95. The van der Waals surface area contributed by atoms with Crippen LogP contribution in [0.25, 0.3) is 0 Å². The maximum absolute atomic E-state index is 12.0. The first-order valence-corrected chi connectivity index (χ1v) is 5.25. The normalized spacial score (nSPS) is 19.6. The van der Waals surface area contributed by atoms with Gasteiger partial charge in [0.25, 0.3) is 5.91 Å². The van der Waals surface area contributed by atoms with Crippen LogP contribution in [0.1, 0.15) is 33.9 Å². The number of rotatable bonds is 3. The zero-order chi connectivity index (χ0) is 12.4. The first-order valence-electron chi connectivity index (χ1n) is 5.25. The van der Waals surface area contributed by atoms with Gasteiger partial charge in [0.05, 0.1) is 12.6 Å². The molecule has 1 unspecified atom stereocenters. The number of aliphatic hydroxyl groups excluding tert-OH is 1. The molecule has 7 heteroatoms. The minimum Gasteiger partial charge on any atom is -0.475 e. The number of likely N-dealkylation sites (tertiary alicyclic amines) is 1. The number of nitrogens with zero attached hydrogens (tertiary/aromatic N) is 2. The quantitative estimate of drug-likeness (QED) is 0.768. The molecule has 0 aliphatic carbocycles. The summed E-state index contributed by atoms with van der Waals surface area (Å²) in [4.78, 5) is 24.0. The Morgan fingerprint density at radius 1 is 1.59 bits per heavy atom. The summed E-state index contributed by atoms with van der Waals surface area (Å²) in [5.74, 6) is -2.04. The molecule has 1 aliphatic heterocycles. The van der Waals surface area contributed by atoms with E-state index in [0.29, 0.717) is 6.54 Å². The van der Waals surface area contributed by atoms with Crippen LogP contribution >= 0.6 is 0 Å². The molecule has 0 radical (unpaired) electrons. The number of carbonyl (C=O) groups excluding carboxylic acids is 1. The second-order valence-electron chi connectivity index (χ2n) is 3.86. The van der Waals surface area contributed by atoms with E-state index in [-0.39, 0.29) is 24.1 Å². The lowest BCUT2D eigenvalue weighted by Crippen LogP contribution is -2.37. The van der Waals surface area contributed by atoms with Crippen LogP contribution < -0.4 is 0 Å². The van der Waals surface area contributed by atoms with Crippen molar-refractivity contribution in [3.8, 4) is 0 Å². The average Bonchev–Trinajstić information content (AvgIpc) is 2.96. The third kappa shape index (κ3) is 2.14. The van der Waals surface area contributed by atoms with Crippen LogP contribution in [0.2, 0.25) is 0 Å². The molecule has 1 aliphatic rings. The van der Waals surface area contributed by atoms with Crippen LogP contribution in [0.5, 0.6) is 0 Å². The molecule has 0 bridgehead atoms. The molecule has 17 heavy (non-hydrogen) atoms. The summed E-state index contributed by atoms with van der Waals surface area (Å²) in [7, 11) is 0. The Bertz CT molecular complexity index is 442. The minimum atomic E-state index is -1.27. The third-order valence-electron chi connectivity index (χ3n) is 2.79. The van der Waals surface area contributed by atoms with Crippen molar-refractivity contribution in [2.24, 2.45) is 0 Å². The van der Waals surface area contributed by atoms with E-state index in [2.05, 4.69) is 9.68 Å². The first-order chi connectivity index (χ1) is 8.13. The second kappa shape index (κ2) is 4.54. The molecular formula is C10H12N2O5. The second-order valence-corrected chi connectivity index (χ2v) is 3.86. The smallest absolute Gasteiger partial charge is 0.374 e. The molecule has 0 aromatic carbocycles. The van der Waals surface area contributed by atoms with Crippen molar-refractivity contribution in [2.45, 2.75) is 18.9 Å². The van der Waals surface area contributed by atoms with Crippen molar-refractivity contribution in [1.82, 2.24) is 10.1 Å².